The minimum absolute atomic E-state index is 0.0156. The number of sulfonamides is 1. The minimum atomic E-state index is -4.07. The van der Waals surface area contributed by atoms with E-state index in [1.807, 2.05) is 42.3 Å². The number of nitro benzene ring substituents is 1. The van der Waals surface area contributed by atoms with Gasteiger partial charge < -0.3 is 9.64 Å². The molecule has 29 heavy (non-hydrogen) atoms. The molecule has 0 aliphatic heterocycles. The Bertz CT molecular complexity index is 1130. The first-order valence-electron chi connectivity index (χ1n) is 8.56. The van der Waals surface area contributed by atoms with Crippen LogP contribution in [0.15, 0.2) is 77.7 Å². The molecule has 3 aromatic rings. The Hall–Kier alpha value is -3.59. The Morgan fingerprint density at radius 2 is 1.66 bits per heavy atom. The molecule has 0 atom stereocenters. The molecule has 0 aliphatic carbocycles. The van der Waals surface area contributed by atoms with Gasteiger partial charge in [0.05, 0.1) is 28.3 Å². The molecule has 0 aromatic heterocycles. The van der Waals surface area contributed by atoms with E-state index in [2.05, 4.69) is 4.72 Å². The molecule has 8 nitrogen and oxygen atoms in total. The molecule has 0 saturated carbocycles. The number of hydrogen-bond acceptors (Lipinski definition) is 6. The first-order chi connectivity index (χ1) is 13.8. The topological polar surface area (TPSA) is 102 Å². The lowest BCUT2D eigenvalue weighted by Gasteiger charge is -2.23. The zero-order valence-electron chi connectivity index (χ0n) is 15.8. The van der Waals surface area contributed by atoms with Crippen molar-refractivity contribution in [3.63, 3.8) is 0 Å². The van der Waals surface area contributed by atoms with E-state index >= 15 is 0 Å². The smallest absolute Gasteiger partial charge is 0.312 e. The third kappa shape index (κ3) is 4.30. The van der Waals surface area contributed by atoms with Crippen LogP contribution in [0, 0.1) is 10.1 Å². The Morgan fingerprint density at radius 1 is 1.00 bits per heavy atom. The van der Waals surface area contributed by atoms with Crippen LogP contribution in [-0.2, 0) is 10.0 Å². The van der Waals surface area contributed by atoms with Crippen molar-refractivity contribution in [3.8, 4) is 5.75 Å². The first-order valence-corrected chi connectivity index (χ1v) is 10.0. The summed E-state index contributed by atoms with van der Waals surface area (Å²) in [6.07, 6.45) is 0. The summed E-state index contributed by atoms with van der Waals surface area (Å²) in [7, 11) is -0.967. The Morgan fingerprint density at radius 3 is 2.31 bits per heavy atom. The molecule has 0 bridgehead atoms. The number of hydrogen-bond donors (Lipinski definition) is 1. The van der Waals surface area contributed by atoms with Gasteiger partial charge in [0, 0.05) is 18.8 Å². The van der Waals surface area contributed by atoms with Crippen molar-refractivity contribution in [2.24, 2.45) is 0 Å². The average Bonchev–Trinajstić information content (AvgIpc) is 2.73. The maximum Gasteiger partial charge on any atom is 0.312 e. The molecular weight excluding hydrogens is 394 g/mol. The van der Waals surface area contributed by atoms with Crippen LogP contribution < -0.4 is 14.4 Å². The summed E-state index contributed by atoms with van der Waals surface area (Å²) < 4.78 is 33.2. The zero-order valence-corrected chi connectivity index (χ0v) is 16.6. The van der Waals surface area contributed by atoms with E-state index in [9.17, 15) is 18.5 Å². The number of nitrogens with one attached hydrogen (secondary N) is 1. The summed E-state index contributed by atoms with van der Waals surface area (Å²) in [4.78, 5) is 12.1. The molecule has 0 heterocycles. The van der Waals surface area contributed by atoms with Gasteiger partial charge in [0.1, 0.15) is 0 Å². The Balaban J connectivity index is 1.98. The van der Waals surface area contributed by atoms with Gasteiger partial charge in [-0.15, -0.1) is 0 Å². The molecule has 0 amide bonds. The van der Waals surface area contributed by atoms with Crippen LogP contribution in [0.5, 0.6) is 5.75 Å². The largest absolute Gasteiger partial charge is 0.490 e. The summed E-state index contributed by atoms with van der Waals surface area (Å²) in [5.74, 6) is -0.0156. The van der Waals surface area contributed by atoms with E-state index < -0.39 is 20.6 Å². The second kappa shape index (κ2) is 8.19. The van der Waals surface area contributed by atoms with Crippen LogP contribution in [0.4, 0.5) is 22.7 Å². The lowest BCUT2D eigenvalue weighted by molar-refractivity contribution is -0.386. The van der Waals surface area contributed by atoms with Gasteiger partial charge in [-0.2, -0.15) is 0 Å². The highest BCUT2D eigenvalue weighted by Crippen LogP contribution is 2.34. The molecule has 3 aromatic carbocycles. The predicted octanol–water partition coefficient (Wildman–Crippen LogP) is 4.17. The van der Waals surface area contributed by atoms with Crippen LogP contribution >= 0.6 is 0 Å². The van der Waals surface area contributed by atoms with Gasteiger partial charge in [0.15, 0.2) is 5.75 Å². The van der Waals surface area contributed by atoms with E-state index in [0.717, 1.165) is 11.8 Å². The summed E-state index contributed by atoms with van der Waals surface area (Å²) in [6, 6.07) is 19.9. The van der Waals surface area contributed by atoms with E-state index in [4.69, 9.17) is 4.74 Å². The van der Waals surface area contributed by atoms with E-state index in [-0.39, 0.29) is 10.6 Å². The Kier molecular flexibility index (Phi) is 5.69. The lowest BCUT2D eigenvalue weighted by atomic mass is 10.2. The number of nitro groups is 1. The number of nitrogens with zero attached hydrogens (tertiary/aromatic N) is 2. The fraction of sp³-hybridized carbons (Fsp3) is 0.100. The second-order valence-corrected chi connectivity index (χ2v) is 7.79. The number of para-hydroxylation sites is 3. The van der Waals surface area contributed by atoms with Gasteiger partial charge in [-0.05, 0) is 36.4 Å². The first kappa shape index (κ1) is 20.2. The van der Waals surface area contributed by atoms with Crippen molar-refractivity contribution >= 4 is 32.8 Å². The fourth-order valence-corrected chi connectivity index (χ4v) is 3.92. The van der Waals surface area contributed by atoms with E-state index in [0.29, 0.717) is 11.4 Å². The highest BCUT2D eigenvalue weighted by atomic mass is 32.2. The molecule has 1 N–H and O–H groups in total. The van der Waals surface area contributed by atoms with Crippen LogP contribution in [0.2, 0.25) is 0 Å². The summed E-state index contributed by atoms with van der Waals surface area (Å²) >= 11 is 0. The molecule has 0 aliphatic rings. The van der Waals surface area contributed by atoms with Crippen molar-refractivity contribution in [1.29, 1.82) is 0 Å². The van der Waals surface area contributed by atoms with Gasteiger partial charge in [-0.1, -0.05) is 30.3 Å². The highest BCUT2D eigenvalue weighted by molar-refractivity contribution is 7.92. The quantitative estimate of drug-likeness (QED) is 0.461. The maximum absolute atomic E-state index is 12.9. The standard InChI is InChI=1S/C20H19N3O5S/c1-22(15-8-4-3-5-9-15)18-11-7-6-10-17(18)21-29(26,27)16-12-13-20(28-2)19(14-16)23(24)25/h3-14,21H,1-2H3. The van der Waals surface area contributed by atoms with E-state index in [1.54, 1.807) is 24.3 Å². The third-order valence-electron chi connectivity index (χ3n) is 4.31. The van der Waals surface area contributed by atoms with E-state index in [1.165, 1.54) is 19.2 Å². The molecule has 3 rings (SSSR count). The average molecular weight is 413 g/mol. The van der Waals surface area contributed by atoms with Crippen LogP contribution in [0.1, 0.15) is 0 Å². The fourth-order valence-electron chi connectivity index (χ4n) is 2.83. The second-order valence-electron chi connectivity index (χ2n) is 6.11. The van der Waals surface area contributed by atoms with Crippen LogP contribution in [-0.4, -0.2) is 27.5 Å². The van der Waals surface area contributed by atoms with Crippen molar-refractivity contribution in [3.05, 3.63) is 82.9 Å². The van der Waals surface area contributed by atoms with Gasteiger partial charge in [0.2, 0.25) is 0 Å². The maximum atomic E-state index is 12.9. The third-order valence-corrected chi connectivity index (χ3v) is 5.67. The number of anilines is 3. The molecule has 9 heteroatoms. The molecule has 0 fully saturated rings. The number of methoxy groups -OCH3 is 1. The molecule has 0 saturated heterocycles. The van der Waals surface area contributed by atoms with Gasteiger partial charge in [-0.25, -0.2) is 8.42 Å². The van der Waals surface area contributed by atoms with Gasteiger partial charge in [-0.3, -0.25) is 14.8 Å². The number of rotatable bonds is 7. The van der Waals surface area contributed by atoms with Gasteiger partial charge >= 0.3 is 5.69 Å². The summed E-state index contributed by atoms with van der Waals surface area (Å²) in [5, 5.41) is 11.2. The molecule has 0 spiro atoms. The zero-order chi connectivity index (χ0) is 21.0. The molecule has 0 radical (unpaired) electrons. The van der Waals surface area contributed by atoms with Crippen molar-refractivity contribution in [2.75, 3.05) is 23.8 Å². The summed E-state index contributed by atoms with van der Waals surface area (Å²) in [6.45, 7) is 0. The van der Waals surface area contributed by atoms with Crippen molar-refractivity contribution in [2.45, 2.75) is 4.90 Å². The van der Waals surface area contributed by atoms with Crippen molar-refractivity contribution in [1.82, 2.24) is 0 Å². The molecular formula is C20H19N3O5S. The Labute approximate surface area is 168 Å². The monoisotopic (exact) mass is 413 g/mol. The van der Waals surface area contributed by atoms with Crippen molar-refractivity contribution < 1.29 is 18.1 Å². The normalized spacial score (nSPS) is 11.0. The SMILES string of the molecule is COc1ccc(S(=O)(=O)Nc2ccccc2N(C)c2ccccc2)cc1[N+](=O)[O-]. The predicted molar refractivity (Wildman–Crippen MR) is 111 cm³/mol. The highest BCUT2D eigenvalue weighted by Gasteiger charge is 2.23. The number of ether oxygens (including phenoxy) is 1. The summed E-state index contributed by atoms with van der Waals surface area (Å²) in [5.41, 5.74) is 1.42. The lowest BCUT2D eigenvalue weighted by Crippen LogP contribution is -2.17. The molecule has 150 valence electrons. The minimum Gasteiger partial charge on any atom is -0.490 e. The molecule has 0 unspecified atom stereocenters. The number of benzene rings is 3. The van der Waals surface area contributed by atoms with Crippen LogP contribution in [0.3, 0.4) is 0 Å². The van der Waals surface area contributed by atoms with Gasteiger partial charge in [0.25, 0.3) is 10.0 Å². The van der Waals surface area contributed by atoms with Crippen LogP contribution in [0.25, 0.3) is 0 Å².